The van der Waals surface area contributed by atoms with Crippen molar-refractivity contribution in [2.75, 3.05) is 6.61 Å². The largest absolute Gasteiger partial charge is 0.481 e. The Morgan fingerprint density at radius 3 is 2.56 bits per heavy atom. The number of hydrogen-bond donors (Lipinski definition) is 1. The SMILES string of the molecule is CC(C)(C)OC(=O)COc1ccc(Cl)cc1C#Cc1cccc(CO)c1F. The van der Waals surface area contributed by atoms with E-state index in [0.717, 1.165) is 0 Å². The minimum Gasteiger partial charge on any atom is -0.481 e. The number of hydrogen-bond acceptors (Lipinski definition) is 4. The van der Waals surface area contributed by atoms with Crippen molar-refractivity contribution < 1.29 is 23.8 Å². The van der Waals surface area contributed by atoms with Crippen molar-refractivity contribution in [1.29, 1.82) is 0 Å². The molecule has 4 nitrogen and oxygen atoms in total. The number of aliphatic hydroxyl groups is 1. The summed E-state index contributed by atoms with van der Waals surface area (Å²) in [6, 6.07) is 9.34. The zero-order valence-electron chi connectivity index (χ0n) is 15.3. The quantitative estimate of drug-likeness (QED) is 0.631. The molecule has 0 unspecified atom stereocenters. The smallest absolute Gasteiger partial charge is 0.344 e. The number of halogens is 2. The number of carbonyl (C=O) groups excluding carboxylic acids is 1. The lowest BCUT2D eigenvalue weighted by Gasteiger charge is -2.19. The molecular weight excluding hydrogens is 371 g/mol. The van der Waals surface area contributed by atoms with E-state index in [1.54, 1.807) is 45.0 Å². The molecule has 0 aliphatic rings. The summed E-state index contributed by atoms with van der Waals surface area (Å²) in [5.74, 6) is 4.74. The highest BCUT2D eigenvalue weighted by molar-refractivity contribution is 6.30. The van der Waals surface area contributed by atoms with Gasteiger partial charge in [0, 0.05) is 10.6 Å². The van der Waals surface area contributed by atoms with Gasteiger partial charge in [0.25, 0.3) is 0 Å². The molecule has 6 heteroatoms. The summed E-state index contributed by atoms with van der Waals surface area (Å²) in [6.07, 6.45) is 0. The number of esters is 1. The van der Waals surface area contributed by atoms with E-state index in [4.69, 9.17) is 26.2 Å². The molecule has 0 bridgehead atoms. The summed E-state index contributed by atoms with van der Waals surface area (Å²) < 4.78 is 24.9. The second kappa shape index (κ2) is 8.90. The molecule has 0 aliphatic carbocycles. The number of ether oxygens (including phenoxy) is 2. The highest BCUT2D eigenvalue weighted by Crippen LogP contribution is 2.23. The van der Waals surface area contributed by atoms with Crippen LogP contribution in [0.1, 0.15) is 37.5 Å². The number of benzene rings is 2. The van der Waals surface area contributed by atoms with Crippen LogP contribution in [-0.4, -0.2) is 23.3 Å². The van der Waals surface area contributed by atoms with Crippen molar-refractivity contribution in [2.45, 2.75) is 33.0 Å². The molecule has 27 heavy (non-hydrogen) atoms. The van der Waals surface area contributed by atoms with Gasteiger partial charge in [-0.05, 0) is 45.0 Å². The van der Waals surface area contributed by atoms with Gasteiger partial charge in [0.2, 0.25) is 0 Å². The van der Waals surface area contributed by atoms with Crippen LogP contribution in [-0.2, 0) is 16.1 Å². The molecule has 0 aromatic heterocycles. The topological polar surface area (TPSA) is 55.8 Å². The van der Waals surface area contributed by atoms with Crippen LogP contribution in [0.5, 0.6) is 5.75 Å². The first-order chi connectivity index (χ1) is 12.7. The minimum atomic E-state index is -0.613. The van der Waals surface area contributed by atoms with Crippen molar-refractivity contribution in [3.63, 3.8) is 0 Å². The van der Waals surface area contributed by atoms with Gasteiger partial charge in [-0.15, -0.1) is 0 Å². The Morgan fingerprint density at radius 2 is 1.89 bits per heavy atom. The lowest BCUT2D eigenvalue weighted by molar-refractivity contribution is -0.157. The maximum Gasteiger partial charge on any atom is 0.344 e. The maximum atomic E-state index is 14.2. The average Bonchev–Trinajstić information content (AvgIpc) is 2.58. The molecule has 2 rings (SSSR count). The molecule has 0 heterocycles. The van der Waals surface area contributed by atoms with Gasteiger partial charge in [0.05, 0.1) is 17.7 Å². The van der Waals surface area contributed by atoms with E-state index in [9.17, 15) is 9.18 Å². The van der Waals surface area contributed by atoms with Gasteiger partial charge >= 0.3 is 5.97 Å². The van der Waals surface area contributed by atoms with E-state index in [-0.39, 0.29) is 17.7 Å². The molecule has 0 aliphatic heterocycles. The van der Waals surface area contributed by atoms with Crippen LogP contribution in [0.15, 0.2) is 36.4 Å². The van der Waals surface area contributed by atoms with Gasteiger partial charge in [0.15, 0.2) is 6.61 Å². The monoisotopic (exact) mass is 390 g/mol. The molecule has 0 atom stereocenters. The minimum absolute atomic E-state index is 0.139. The Bertz CT molecular complexity index is 891. The van der Waals surface area contributed by atoms with Crippen LogP contribution in [0.4, 0.5) is 4.39 Å². The van der Waals surface area contributed by atoms with Crippen LogP contribution < -0.4 is 4.74 Å². The van der Waals surface area contributed by atoms with Crippen LogP contribution in [0.2, 0.25) is 5.02 Å². The van der Waals surface area contributed by atoms with E-state index >= 15 is 0 Å². The molecule has 1 N–H and O–H groups in total. The molecule has 0 saturated heterocycles. The predicted octanol–water partition coefficient (Wildman–Crippen LogP) is 4.09. The van der Waals surface area contributed by atoms with Crippen molar-refractivity contribution in [1.82, 2.24) is 0 Å². The first kappa shape index (κ1) is 20.8. The van der Waals surface area contributed by atoms with Crippen LogP contribution in [0, 0.1) is 17.7 Å². The van der Waals surface area contributed by atoms with Crippen LogP contribution in [0.3, 0.4) is 0 Å². The molecule has 142 valence electrons. The highest BCUT2D eigenvalue weighted by Gasteiger charge is 2.17. The molecule has 0 radical (unpaired) electrons. The summed E-state index contributed by atoms with van der Waals surface area (Å²) in [5, 5.41) is 9.57. The second-order valence-corrected chi connectivity index (χ2v) is 7.14. The Labute approximate surface area is 162 Å². The summed E-state index contributed by atoms with van der Waals surface area (Å²) in [5.41, 5.74) is 0.0898. The summed E-state index contributed by atoms with van der Waals surface area (Å²) in [4.78, 5) is 11.8. The lowest BCUT2D eigenvalue weighted by atomic mass is 10.1. The zero-order valence-corrected chi connectivity index (χ0v) is 16.1. The van der Waals surface area contributed by atoms with Crippen LogP contribution >= 0.6 is 11.6 Å². The van der Waals surface area contributed by atoms with Gasteiger partial charge in [-0.25, -0.2) is 9.18 Å². The number of carbonyl (C=O) groups is 1. The van der Waals surface area contributed by atoms with Gasteiger partial charge in [0.1, 0.15) is 17.2 Å². The lowest BCUT2D eigenvalue weighted by Crippen LogP contribution is -2.27. The first-order valence-electron chi connectivity index (χ1n) is 8.24. The predicted molar refractivity (Wildman–Crippen MR) is 101 cm³/mol. The Hall–Kier alpha value is -2.55. The Balaban J connectivity index is 2.24. The van der Waals surface area contributed by atoms with E-state index in [1.165, 1.54) is 12.1 Å². The van der Waals surface area contributed by atoms with Gasteiger partial charge < -0.3 is 14.6 Å². The summed E-state index contributed by atoms with van der Waals surface area (Å²) in [7, 11) is 0. The van der Waals surface area contributed by atoms with Crippen molar-refractivity contribution in [2.24, 2.45) is 0 Å². The van der Waals surface area contributed by atoms with E-state index in [0.29, 0.717) is 16.3 Å². The van der Waals surface area contributed by atoms with Crippen LogP contribution in [0.25, 0.3) is 0 Å². The maximum absolute atomic E-state index is 14.2. The van der Waals surface area contributed by atoms with Gasteiger partial charge in [-0.1, -0.05) is 35.6 Å². The third kappa shape index (κ3) is 6.28. The van der Waals surface area contributed by atoms with E-state index in [2.05, 4.69) is 11.8 Å². The Kier molecular flexibility index (Phi) is 6.84. The first-order valence-corrected chi connectivity index (χ1v) is 8.62. The molecule has 0 amide bonds. The normalized spacial score (nSPS) is 10.7. The zero-order chi connectivity index (χ0) is 20.0. The van der Waals surface area contributed by atoms with Gasteiger partial charge in [-0.2, -0.15) is 0 Å². The highest BCUT2D eigenvalue weighted by atomic mass is 35.5. The number of rotatable bonds is 4. The molecule has 2 aromatic rings. The van der Waals surface area contributed by atoms with E-state index < -0.39 is 24.0 Å². The fourth-order valence-corrected chi connectivity index (χ4v) is 2.34. The standard InChI is InChI=1S/C21H20ClFO4/c1-21(2,3)27-19(25)13-26-18-10-9-17(22)11-15(18)8-7-14-5-4-6-16(12-24)20(14)23/h4-6,9-11,24H,12-13H2,1-3H3. The average molecular weight is 391 g/mol. The molecular formula is C21H20ClFO4. The van der Waals surface area contributed by atoms with Crippen molar-refractivity contribution >= 4 is 17.6 Å². The fourth-order valence-electron chi connectivity index (χ4n) is 2.17. The second-order valence-electron chi connectivity index (χ2n) is 6.70. The molecule has 0 saturated carbocycles. The number of aliphatic hydroxyl groups excluding tert-OH is 1. The molecule has 2 aromatic carbocycles. The van der Waals surface area contributed by atoms with Crippen molar-refractivity contribution in [3.8, 4) is 17.6 Å². The molecule has 0 fully saturated rings. The van der Waals surface area contributed by atoms with Crippen molar-refractivity contribution in [3.05, 3.63) is 63.9 Å². The third-order valence-corrected chi connectivity index (χ3v) is 3.52. The molecule has 0 spiro atoms. The van der Waals surface area contributed by atoms with Gasteiger partial charge in [-0.3, -0.25) is 0 Å². The fraction of sp³-hybridized carbons (Fsp3) is 0.286. The summed E-state index contributed by atoms with van der Waals surface area (Å²) in [6.45, 7) is 4.59. The summed E-state index contributed by atoms with van der Waals surface area (Å²) >= 11 is 6.01. The Morgan fingerprint density at radius 1 is 1.19 bits per heavy atom. The third-order valence-electron chi connectivity index (χ3n) is 3.29. The van der Waals surface area contributed by atoms with E-state index in [1.807, 2.05) is 0 Å².